The number of hydrogen-bond donors (Lipinski definition) is 0. The number of carbonyl (C=O) groups is 1. The maximum absolute atomic E-state index is 12.8. The number of aromatic nitrogens is 7. The van der Waals surface area contributed by atoms with E-state index in [1.807, 2.05) is 0 Å². The molecule has 0 saturated carbocycles. The normalized spacial score (nSPS) is 17.6. The Morgan fingerprint density at radius 2 is 2.20 bits per heavy atom. The molecule has 0 aliphatic carbocycles. The van der Waals surface area contributed by atoms with Gasteiger partial charge >= 0.3 is 0 Å². The number of ether oxygens (including phenoxy) is 1. The van der Waals surface area contributed by atoms with Gasteiger partial charge in [0.1, 0.15) is 11.8 Å². The first-order valence-corrected chi connectivity index (χ1v) is 8.46. The fourth-order valence-electron chi connectivity index (χ4n) is 2.55. The quantitative estimate of drug-likeness (QED) is 0.659. The molecule has 0 bridgehead atoms. The molecule has 1 fully saturated rings. The van der Waals surface area contributed by atoms with Crippen LogP contribution in [0.4, 0.5) is 0 Å². The zero-order valence-corrected chi connectivity index (χ0v) is 14.1. The van der Waals surface area contributed by atoms with E-state index in [4.69, 9.17) is 4.74 Å². The van der Waals surface area contributed by atoms with Gasteiger partial charge < -0.3 is 9.64 Å². The number of nitrogens with zero attached hydrogens (tertiary/aromatic N) is 8. The lowest BCUT2D eigenvalue weighted by molar-refractivity contribution is -0.0285. The van der Waals surface area contributed by atoms with Crippen molar-refractivity contribution in [2.45, 2.75) is 6.10 Å². The molecule has 0 aromatic carbocycles. The molecule has 1 atom stereocenters. The summed E-state index contributed by atoms with van der Waals surface area (Å²) in [6.45, 7) is 1.29. The van der Waals surface area contributed by atoms with Crippen molar-refractivity contribution in [3.8, 4) is 10.8 Å². The second-order valence-electron chi connectivity index (χ2n) is 5.38. The zero-order valence-electron chi connectivity index (χ0n) is 13.3. The van der Waals surface area contributed by atoms with Gasteiger partial charge in [-0.15, -0.1) is 16.4 Å². The minimum Gasteiger partial charge on any atom is -0.366 e. The molecular weight excluding hydrogens is 344 g/mol. The van der Waals surface area contributed by atoms with Gasteiger partial charge in [0.15, 0.2) is 16.7 Å². The van der Waals surface area contributed by atoms with Crippen molar-refractivity contribution in [3.63, 3.8) is 0 Å². The van der Waals surface area contributed by atoms with E-state index >= 15 is 0 Å². The molecule has 25 heavy (non-hydrogen) atoms. The Bertz CT molecular complexity index is 880. The first-order valence-electron chi connectivity index (χ1n) is 7.58. The molecule has 10 nitrogen and oxygen atoms in total. The lowest BCUT2D eigenvalue weighted by Gasteiger charge is -2.31. The zero-order chi connectivity index (χ0) is 17.2. The van der Waals surface area contributed by atoms with Crippen LogP contribution in [0, 0.1) is 0 Å². The first-order chi connectivity index (χ1) is 12.2. The van der Waals surface area contributed by atoms with Crippen molar-refractivity contribution < 1.29 is 9.53 Å². The van der Waals surface area contributed by atoms with E-state index in [9.17, 15) is 4.79 Å². The van der Waals surface area contributed by atoms with Gasteiger partial charge in [0, 0.05) is 31.4 Å². The van der Waals surface area contributed by atoms with E-state index in [1.54, 1.807) is 40.5 Å². The molecule has 0 radical (unpaired) electrons. The van der Waals surface area contributed by atoms with Crippen molar-refractivity contribution in [1.29, 1.82) is 0 Å². The lowest BCUT2D eigenvalue weighted by Crippen LogP contribution is -2.43. The number of thiazole rings is 1. The summed E-state index contributed by atoms with van der Waals surface area (Å²) < 4.78 is 7.25. The number of aryl methyl sites for hydroxylation is 1. The molecule has 1 saturated heterocycles. The molecule has 1 aliphatic rings. The highest BCUT2D eigenvalue weighted by molar-refractivity contribution is 7.13. The maximum Gasteiger partial charge on any atom is 0.273 e. The van der Waals surface area contributed by atoms with Crippen molar-refractivity contribution in [2.75, 3.05) is 19.7 Å². The summed E-state index contributed by atoms with van der Waals surface area (Å²) in [7, 11) is 1.74. The molecule has 128 valence electrons. The van der Waals surface area contributed by atoms with Crippen LogP contribution in [0.3, 0.4) is 0 Å². The fourth-order valence-corrected chi connectivity index (χ4v) is 3.28. The van der Waals surface area contributed by atoms with Crippen LogP contribution in [0.1, 0.15) is 22.4 Å². The van der Waals surface area contributed by atoms with Gasteiger partial charge in [0.25, 0.3) is 5.91 Å². The van der Waals surface area contributed by atoms with Gasteiger partial charge in [-0.05, 0) is 16.5 Å². The second kappa shape index (κ2) is 6.61. The third-order valence-electron chi connectivity index (χ3n) is 3.77. The number of hydrogen-bond acceptors (Lipinski definition) is 9. The first kappa shape index (κ1) is 15.7. The Labute approximate surface area is 146 Å². The molecule has 0 spiro atoms. The van der Waals surface area contributed by atoms with E-state index in [1.165, 1.54) is 11.3 Å². The Morgan fingerprint density at radius 3 is 2.96 bits per heavy atom. The van der Waals surface area contributed by atoms with Gasteiger partial charge in [0.05, 0.1) is 13.2 Å². The average Bonchev–Trinajstić information content (AvgIpc) is 3.31. The Morgan fingerprint density at radius 1 is 1.36 bits per heavy atom. The molecule has 3 aromatic rings. The van der Waals surface area contributed by atoms with Crippen LogP contribution in [0.2, 0.25) is 0 Å². The van der Waals surface area contributed by atoms with Crippen LogP contribution in [0.5, 0.6) is 0 Å². The van der Waals surface area contributed by atoms with Crippen LogP contribution in [-0.4, -0.2) is 65.7 Å². The molecule has 3 aromatic heterocycles. The van der Waals surface area contributed by atoms with Crippen molar-refractivity contribution >= 4 is 17.2 Å². The van der Waals surface area contributed by atoms with Crippen LogP contribution in [0.25, 0.3) is 10.8 Å². The molecular formula is C14H14N8O2S. The standard InChI is InChI=1S/C14H14N8O2S/c1-21-12(18-19-20-21)10-7-22(5-6-24-10)14(23)9-8-25-13(17-9)11-15-3-2-4-16-11/h2-4,8,10H,5-7H2,1H3. The fraction of sp³-hybridized carbons (Fsp3) is 0.357. The Kier molecular flexibility index (Phi) is 4.15. The molecule has 1 aliphatic heterocycles. The van der Waals surface area contributed by atoms with Crippen molar-refractivity contribution in [3.05, 3.63) is 35.4 Å². The van der Waals surface area contributed by atoms with Gasteiger partial charge in [-0.2, -0.15) is 0 Å². The number of amides is 1. The molecule has 1 amide bonds. The van der Waals surface area contributed by atoms with Crippen LogP contribution in [-0.2, 0) is 11.8 Å². The summed E-state index contributed by atoms with van der Waals surface area (Å²) in [6.07, 6.45) is 2.94. The smallest absolute Gasteiger partial charge is 0.273 e. The molecule has 4 rings (SSSR count). The minimum absolute atomic E-state index is 0.151. The summed E-state index contributed by atoms with van der Waals surface area (Å²) in [5, 5.41) is 13.7. The molecule has 11 heteroatoms. The number of tetrazole rings is 1. The summed E-state index contributed by atoms with van der Waals surface area (Å²) in [5.41, 5.74) is 0.379. The summed E-state index contributed by atoms with van der Waals surface area (Å²) >= 11 is 1.34. The number of carbonyl (C=O) groups excluding carboxylic acids is 1. The van der Waals surface area contributed by atoms with Crippen LogP contribution in [0.15, 0.2) is 23.8 Å². The monoisotopic (exact) mass is 358 g/mol. The topological polar surface area (TPSA) is 112 Å². The highest BCUT2D eigenvalue weighted by atomic mass is 32.1. The molecule has 1 unspecified atom stereocenters. The predicted molar refractivity (Wildman–Crippen MR) is 86.5 cm³/mol. The number of morpholine rings is 1. The summed E-state index contributed by atoms with van der Waals surface area (Å²) in [5.74, 6) is 0.951. The van der Waals surface area contributed by atoms with Gasteiger partial charge in [-0.3, -0.25) is 4.79 Å². The van der Waals surface area contributed by atoms with Crippen molar-refractivity contribution in [2.24, 2.45) is 7.05 Å². The Balaban J connectivity index is 1.51. The summed E-state index contributed by atoms with van der Waals surface area (Å²) in [4.78, 5) is 27.2. The van der Waals surface area contributed by atoms with E-state index < -0.39 is 0 Å². The average molecular weight is 358 g/mol. The van der Waals surface area contributed by atoms with E-state index in [0.717, 1.165) is 0 Å². The highest BCUT2D eigenvalue weighted by Crippen LogP contribution is 2.23. The summed E-state index contributed by atoms with van der Waals surface area (Å²) in [6, 6.07) is 1.73. The van der Waals surface area contributed by atoms with E-state index in [-0.39, 0.29) is 12.0 Å². The Hall–Kier alpha value is -2.79. The largest absolute Gasteiger partial charge is 0.366 e. The van der Waals surface area contributed by atoms with Crippen molar-refractivity contribution in [1.82, 2.24) is 40.1 Å². The molecule has 0 N–H and O–H groups in total. The number of rotatable bonds is 3. The minimum atomic E-state index is -0.353. The van der Waals surface area contributed by atoms with Crippen LogP contribution >= 0.6 is 11.3 Å². The van der Waals surface area contributed by atoms with Crippen LogP contribution < -0.4 is 0 Å². The van der Waals surface area contributed by atoms with Gasteiger partial charge in [0.2, 0.25) is 0 Å². The van der Waals surface area contributed by atoms with E-state index in [2.05, 4.69) is 30.5 Å². The van der Waals surface area contributed by atoms with E-state index in [0.29, 0.717) is 42.0 Å². The SMILES string of the molecule is Cn1nnnc1C1CN(C(=O)c2csc(-c3ncccn3)n2)CCO1. The predicted octanol–water partition coefficient (Wildman–Crippen LogP) is 0.337. The van der Waals surface area contributed by atoms with Gasteiger partial charge in [-0.25, -0.2) is 19.6 Å². The van der Waals surface area contributed by atoms with Gasteiger partial charge in [-0.1, -0.05) is 0 Å². The maximum atomic E-state index is 12.8. The second-order valence-corrected chi connectivity index (χ2v) is 6.24. The lowest BCUT2D eigenvalue weighted by atomic mass is 10.2. The highest BCUT2D eigenvalue weighted by Gasteiger charge is 2.30. The third kappa shape index (κ3) is 3.10. The third-order valence-corrected chi connectivity index (χ3v) is 4.61. The molecule has 4 heterocycles.